The maximum Gasteiger partial charge on any atom is 0.311 e. The predicted octanol–water partition coefficient (Wildman–Crippen LogP) is 5.86. The summed E-state index contributed by atoms with van der Waals surface area (Å²) < 4.78 is 16.7. The molecule has 0 saturated heterocycles. The van der Waals surface area contributed by atoms with Crippen molar-refractivity contribution in [1.29, 1.82) is 0 Å². The van der Waals surface area contributed by atoms with Crippen LogP contribution >= 0.6 is 0 Å². The summed E-state index contributed by atoms with van der Waals surface area (Å²) >= 11 is 0. The van der Waals surface area contributed by atoms with Gasteiger partial charge in [0.25, 0.3) is 11.8 Å². The molecule has 0 bridgehead atoms. The number of hydrogen-bond acceptors (Lipinski definition) is 7. The molecule has 1 aliphatic rings. The third kappa shape index (κ3) is 5.31. The molecule has 0 aliphatic carbocycles. The minimum Gasteiger partial charge on any atom is -0.460 e. The van der Waals surface area contributed by atoms with E-state index in [1.54, 1.807) is 36.4 Å². The molecular weight excluding hydrogens is 498 g/mol. The lowest BCUT2D eigenvalue weighted by Crippen LogP contribution is -2.31. The third-order valence-corrected chi connectivity index (χ3v) is 6.54. The molecule has 5 rings (SSSR count). The van der Waals surface area contributed by atoms with Crippen LogP contribution in [0.2, 0.25) is 0 Å². The fourth-order valence-electron chi connectivity index (χ4n) is 4.38. The Kier molecular flexibility index (Phi) is 6.78. The van der Waals surface area contributed by atoms with Gasteiger partial charge < -0.3 is 13.9 Å². The first-order valence-corrected chi connectivity index (χ1v) is 12.6. The monoisotopic (exact) mass is 525 g/mol. The third-order valence-electron chi connectivity index (χ3n) is 6.54. The van der Waals surface area contributed by atoms with Crippen LogP contribution in [0, 0.1) is 0 Å². The first kappa shape index (κ1) is 25.9. The van der Waals surface area contributed by atoms with E-state index >= 15 is 0 Å². The normalized spacial score (nSPS) is 13.1. The van der Waals surface area contributed by atoms with Crippen molar-refractivity contribution in [3.8, 4) is 17.2 Å². The van der Waals surface area contributed by atoms with Crippen molar-refractivity contribution < 1.29 is 28.3 Å². The number of imide groups is 1. The topological polar surface area (TPSA) is 103 Å². The van der Waals surface area contributed by atoms with E-state index in [9.17, 15) is 19.2 Å². The summed E-state index contributed by atoms with van der Waals surface area (Å²) in [5.41, 5.74) is 1.78. The van der Waals surface area contributed by atoms with Gasteiger partial charge in [-0.25, -0.2) is 0 Å². The van der Waals surface area contributed by atoms with Crippen molar-refractivity contribution in [3.63, 3.8) is 0 Å². The van der Waals surface area contributed by atoms with Gasteiger partial charge in [-0.2, -0.15) is 0 Å². The summed E-state index contributed by atoms with van der Waals surface area (Å²) in [6, 6.07) is 18.6. The van der Waals surface area contributed by atoms with Crippen LogP contribution in [-0.2, 0) is 10.2 Å². The van der Waals surface area contributed by atoms with Gasteiger partial charge in [0.15, 0.2) is 0 Å². The highest BCUT2D eigenvalue weighted by Crippen LogP contribution is 2.28. The zero-order chi connectivity index (χ0) is 27.7. The Hall–Kier alpha value is -4.72. The van der Waals surface area contributed by atoms with Crippen molar-refractivity contribution in [3.05, 3.63) is 99.9 Å². The van der Waals surface area contributed by atoms with Gasteiger partial charge in [-0.15, -0.1) is 0 Å². The molecular formula is C31H27NO7. The molecule has 8 nitrogen and oxygen atoms in total. The van der Waals surface area contributed by atoms with Crippen molar-refractivity contribution in [2.45, 2.75) is 39.0 Å². The van der Waals surface area contributed by atoms with E-state index in [0.717, 1.165) is 10.5 Å². The summed E-state index contributed by atoms with van der Waals surface area (Å²) in [6.07, 6.45) is 1.48. The molecule has 0 spiro atoms. The maximum atomic E-state index is 12.9. The molecule has 0 unspecified atom stereocenters. The lowest BCUT2D eigenvalue weighted by Gasteiger charge is -2.19. The Morgan fingerprint density at radius 1 is 0.872 bits per heavy atom. The number of carbonyl (C=O) groups excluding carboxylic acids is 3. The summed E-state index contributed by atoms with van der Waals surface area (Å²) in [7, 11) is 0. The summed E-state index contributed by atoms with van der Waals surface area (Å²) in [4.78, 5) is 51.4. The smallest absolute Gasteiger partial charge is 0.311 e. The molecule has 198 valence electrons. The molecule has 3 aromatic carbocycles. The average molecular weight is 526 g/mol. The van der Waals surface area contributed by atoms with Crippen LogP contribution in [0.1, 0.15) is 59.9 Å². The van der Waals surface area contributed by atoms with E-state index in [4.69, 9.17) is 13.9 Å². The summed E-state index contributed by atoms with van der Waals surface area (Å²) in [5.74, 6) is -0.488. The number of rotatable bonds is 7. The number of esters is 1. The highest BCUT2D eigenvalue weighted by Gasteiger charge is 2.34. The average Bonchev–Trinajstić information content (AvgIpc) is 3.15. The van der Waals surface area contributed by atoms with Gasteiger partial charge in [0.2, 0.25) is 11.2 Å². The molecule has 1 aromatic heterocycles. The molecule has 8 heteroatoms. The van der Waals surface area contributed by atoms with E-state index in [1.165, 1.54) is 24.5 Å². The second-order valence-electron chi connectivity index (χ2n) is 10.3. The van der Waals surface area contributed by atoms with Gasteiger partial charge in [-0.3, -0.25) is 24.1 Å². The Balaban J connectivity index is 1.20. The molecule has 0 N–H and O–H groups in total. The molecule has 2 amide bonds. The molecule has 0 saturated carbocycles. The number of hydrogen-bond donors (Lipinski definition) is 0. The molecule has 0 radical (unpaired) electrons. The Labute approximate surface area is 224 Å². The van der Waals surface area contributed by atoms with E-state index in [2.05, 4.69) is 20.8 Å². The molecule has 4 aromatic rings. The quantitative estimate of drug-likeness (QED) is 0.169. The minimum absolute atomic E-state index is 0.000246. The van der Waals surface area contributed by atoms with Crippen LogP contribution < -0.4 is 14.9 Å². The number of amides is 2. The number of nitrogens with zero attached hydrogens (tertiary/aromatic N) is 1. The molecule has 2 heterocycles. The fraction of sp³-hybridized carbons (Fsp3) is 0.226. The first-order chi connectivity index (χ1) is 18.6. The van der Waals surface area contributed by atoms with Gasteiger partial charge in [0.05, 0.1) is 16.5 Å². The second-order valence-corrected chi connectivity index (χ2v) is 10.3. The van der Waals surface area contributed by atoms with Crippen LogP contribution in [0.15, 0.2) is 82.2 Å². The van der Waals surface area contributed by atoms with E-state index in [-0.39, 0.29) is 64.5 Å². The predicted molar refractivity (Wildman–Crippen MR) is 144 cm³/mol. The van der Waals surface area contributed by atoms with Crippen molar-refractivity contribution >= 4 is 28.8 Å². The van der Waals surface area contributed by atoms with Crippen LogP contribution in [0.25, 0.3) is 11.0 Å². The van der Waals surface area contributed by atoms with Gasteiger partial charge in [-0.05, 0) is 53.8 Å². The standard InChI is InChI=1S/C31H27NO7/c1-31(2,3)19-10-12-20(13-11-19)38-26-18-37-25-17-21(14-15-24(25)28(26)34)39-27(33)9-6-16-32-29(35)22-7-4-5-8-23(22)30(32)36/h4-5,7-8,10-15,17-18H,6,9,16H2,1-3H3. The SMILES string of the molecule is CC(C)(C)c1ccc(Oc2coc3cc(OC(=O)CCCN4C(=O)c5ccccc5C4=O)ccc3c2=O)cc1. The molecule has 0 atom stereocenters. The first-order valence-electron chi connectivity index (χ1n) is 12.6. The van der Waals surface area contributed by atoms with Crippen LogP contribution in [-0.4, -0.2) is 29.2 Å². The number of benzene rings is 3. The van der Waals surface area contributed by atoms with E-state index in [0.29, 0.717) is 16.9 Å². The Morgan fingerprint density at radius 2 is 1.51 bits per heavy atom. The molecule has 39 heavy (non-hydrogen) atoms. The fourth-order valence-corrected chi connectivity index (χ4v) is 4.38. The van der Waals surface area contributed by atoms with Crippen LogP contribution in [0.5, 0.6) is 17.2 Å². The highest BCUT2D eigenvalue weighted by molar-refractivity contribution is 6.21. The van der Waals surface area contributed by atoms with Gasteiger partial charge in [0, 0.05) is 19.0 Å². The van der Waals surface area contributed by atoms with Crippen LogP contribution in [0.3, 0.4) is 0 Å². The van der Waals surface area contributed by atoms with E-state index < -0.39 is 5.97 Å². The number of fused-ring (bicyclic) bond motifs is 2. The molecule has 1 aliphatic heterocycles. The van der Waals surface area contributed by atoms with E-state index in [1.807, 2.05) is 12.1 Å². The number of carbonyl (C=O) groups is 3. The zero-order valence-corrected chi connectivity index (χ0v) is 21.9. The summed E-state index contributed by atoms with van der Waals surface area (Å²) in [5, 5.41) is 0.282. The van der Waals surface area contributed by atoms with Crippen molar-refractivity contribution in [2.24, 2.45) is 0 Å². The van der Waals surface area contributed by atoms with Crippen molar-refractivity contribution in [1.82, 2.24) is 4.90 Å². The highest BCUT2D eigenvalue weighted by atomic mass is 16.5. The Morgan fingerprint density at radius 3 is 2.15 bits per heavy atom. The Bertz CT molecular complexity index is 1610. The lowest BCUT2D eigenvalue weighted by atomic mass is 9.87. The number of ether oxygens (including phenoxy) is 2. The molecule has 0 fully saturated rings. The largest absolute Gasteiger partial charge is 0.460 e. The van der Waals surface area contributed by atoms with Crippen LogP contribution in [0.4, 0.5) is 0 Å². The summed E-state index contributed by atoms with van der Waals surface area (Å²) in [6.45, 7) is 6.45. The van der Waals surface area contributed by atoms with Gasteiger partial charge >= 0.3 is 5.97 Å². The maximum absolute atomic E-state index is 12.9. The van der Waals surface area contributed by atoms with Crippen molar-refractivity contribution in [2.75, 3.05) is 6.54 Å². The minimum atomic E-state index is -0.535. The van der Waals surface area contributed by atoms with Gasteiger partial charge in [0.1, 0.15) is 23.3 Å². The lowest BCUT2D eigenvalue weighted by molar-refractivity contribution is -0.134. The van der Waals surface area contributed by atoms with Gasteiger partial charge in [-0.1, -0.05) is 45.0 Å². The second kappa shape index (κ2) is 10.2. The zero-order valence-electron chi connectivity index (χ0n) is 21.9.